The Kier molecular flexibility index (Phi) is 4.64. The number of anilines is 1. The van der Waals surface area contributed by atoms with Crippen LogP contribution in [-0.4, -0.2) is 25.7 Å². The Labute approximate surface area is 125 Å². The maximum Gasteiger partial charge on any atom is 0.418 e. The predicted molar refractivity (Wildman–Crippen MR) is 78.0 cm³/mol. The summed E-state index contributed by atoms with van der Waals surface area (Å²) in [6, 6.07) is 4.47. The molecule has 0 amide bonds. The summed E-state index contributed by atoms with van der Waals surface area (Å²) in [6.07, 6.45) is -4.34. The highest BCUT2D eigenvalue weighted by atomic mass is 79.9. The Balaban J connectivity index is 2.45. The van der Waals surface area contributed by atoms with Crippen LogP contribution in [0, 0.1) is 5.92 Å². The summed E-state index contributed by atoms with van der Waals surface area (Å²) < 4.78 is 40.2. The van der Waals surface area contributed by atoms with E-state index in [1.165, 1.54) is 0 Å². The summed E-state index contributed by atoms with van der Waals surface area (Å²) in [6.45, 7) is 6.09. The molecule has 6 heteroatoms. The molecule has 1 unspecified atom stereocenters. The van der Waals surface area contributed by atoms with Crippen LogP contribution in [0.5, 0.6) is 0 Å². The highest BCUT2D eigenvalue weighted by molar-refractivity contribution is 9.10. The number of alkyl halides is 3. The van der Waals surface area contributed by atoms with E-state index < -0.39 is 11.7 Å². The van der Waals surface area contributed by atoms with Crippen LogP contribution in [0.3, 0.4) is 0 Å². The average molecular weight is 351 g/mol. The van der Waals surface area contributed by atoms with Crippen molar-refractivity contribution in [3.63, 3.8) is 0 Å². The van der Waals surface area contributed by atoms with Gasteiger partial charge in [-0.3, -0.25) is 0 Å². The summed E-state index contributed by atoms with van der Waals surface area (Å²) in [5.41, 5.74) is -0.291. The van der Waals surface area contributed by atoms with Gasteiger partial charge >= 0.3 is 6.18 Å². The van der Waals surface area contributed by atoms with Gasteiger partial charge in [-0.2, -0.15) is 13.2 Å². The third-order valence-electron chi connectivity index (χ3n) is 3.63. The summed E-state index contributed by atoms with van der Waals surface area (Å²) >= 11 is 3.13. The molecule has 0 aliphatic carbocycles. The van der Waals surface area contributed by atoms with Gasteiger partial charge in [0, 0.05) is 35.8 Å². The smallest absolute Gasteiger partial charge is 0.365 e. The maximum atomic E-state index is 13.2. The van der Waals surface area contributed by atoms with Crippen molar-refractivity contribution in [3.05, 3.63) is 28.2 Å². The zero-order valence-corrected chi connectivity index (χ0v) is 13.1. The summed E-state index contributed by atoms with van der Waals surface area (Å²) in [5.74, 6) is 0.285. The van der Waals surface area contributed by atoms with Crippen molar-refractivity contribution in [3.8, 4) is 0 Å². The van der Waals surface area contributed by atoms with E-state index in [1.807, 2.05) is 18.7 Å². The van der Waals surface area contributed by atoms with E-state index in [0.717, 1.165) is 6.07 Å². The Morgan fingerprint density at radius 3 is 2.65 bits per heavy atom. The van der Waals surface area contributed by atoms with Gasteiger partial charge in [-0.1, -0.05) is 29.8 Å². The van der Waals surface area contributed by atoms with Crippen LogP contribution in [0.1, 0.15) is 19.4 Å². The second-order valence-electron chi connectivity index (χ2n) is 5.37. The number of piperazine rings is 1. The molecule has 20 heavy (non-hydrogen) atoms. The molecule has 0 radical (unpaired) electrons. The van der Waals surface area contributed by atoms with E-state index in [0.29, 0.717) is 24.1 Å². The number of benzene rings is 1. The van der Waals surface area contributed by atoms with Crippen molar-refractivity contribution in [1.82, 2.24) is 5.32 Å². The zero-order valence-electron chi connectivity index (χ0n) is 11.5. The maximum absolute atomic E-state index is 13.2. The van der Waals surface area contributed by atoms with Crippen molar-refractivity contribution in [1.29, 1.82) is 0 Å². The van der Waals surface area contributed by atoms with E-state index >= 15 is 0 Å². The molecule has 1 saturated heterocycles. The normalized spacial score (nSPS) is 20.6. The second-order valence-corrected chi connectivity index (χ2v) is 6.28. The Hall–Kier alpha value is -0.750. The summed E-state index contributed by atoms with van der Waals surface area (Å²) in [5, 5.41) is 3.25. The van der Waals surface area contributed by atoms with Crippen molar-refractivity contribution in [2.75, 3.05) is 24.5 Å². The quantitative estimate of drug-likeness (QED) is 0.869. The number of halogens is 4. The van der Waals surface area contributed by atoms with E-state index in [9.17, 15) is 13.2 Å². The molecule has 0 aromatic heterocycles. The van der Waals surface area contributed by atoms with Crippen LogP contribution in [0.15, 0.2) is 22.7 Å². The van der Waals surface area contributed by atoms with Crippen molar-refractivity contribution >= 4 is 21.6 Å². The first-order valence-corrected chi connectivity index (χ1v) is 7.44. The van der Waals surface area contributed by atoms with Crippen molar-refractivity contribution < 1.29 is 13.2 Å². The minimum absolute atomic E-state index is 0.0750. The fourth-order valence-electron chi connectivity index (χ4n) is 2.61. The number of rotatable bonds is 2. The van der Waals surface area contributed by atoms with E-state index in [-0.39, 0.29) is 17.6 Å². The number of nitrogens with zero attached hydrogens (tertiary/aromatic N) is 1. The first-order valence-electron chi connectivity index (χ1n) is 6.65. The molecule has 1 aromatic rings. The highest BCUT2D eigenvalue weighted by Crippen LogP contribution is 2.39. The Morgan fingerprint density at radius 2 is 2.05 bits per heavy atom. The summed E-state index contributed by atoms with van der Waals surface area (Å²) in [7, 11) is 0. The lowest BCUT2D eigenvalue weighted by atomic mass is 9.98. The lowest BCUT2D eigenvalue weighted by Crippen LogP contribution is -2.54. The predicted octanol–water partition coefficient (Wildman–Crippen LogP) is 3.90. The molecule has 0 spiro atoms. The second kappa shape index (κ2) is 5.93. The standard InChI is InChI=1S/C14H18BrF3N2/c1-9(2)13-8-19-5-6-20(13)12-4-3-10(15)7-11(12)14(16,17)18/h3-4,7,9,13,19H,5-6,8H2,1-2H3. The summed E-state index contributed by atoms with van der Waals surface area (Å²) in [4.78, 5) is 1.89. The molecule has 1 aliphatic heterocycles. The van der Waals surface area contributed by atoms with E-state index in [2.05, 4.69) is 21.2 Å². The molecule has 1 atom stereocenters. The highest BCUT2D eigenvalue weighted by Gasteiger charge is 2.37. The fraction of sp³-hybridized carbons (Fsp3) is 0.571. The van der Waals surface area contributed by atoms with Gasteiger partial charge in [-0.15, -0.1) is 0 Å². The molecular formula is C14H18BrF3N2. The average Bonchev–Trinajstić information content (AvgIpc) is 2.37. The van der Waals surface area contributed by atoms with Crippen LogP contribution in [-0.2, 0) is 6.18 Å². The first kappa shape index (κ1) is 15.6. The molecule has 2 nitrogen and oxygen atoms in total. The van der Waals surface area contributed by atoms with Gasteiger partial charge in [-0.25, -0.2) is 0 Å². The molecule has 1 aromatic carbocycles. The van der Waals surface area contributed by atoms with Crippen LogP contribution in [0.4, 0.5) is 18.9 Å². The molecule has 2 rings (SSSR count). The molecular weight excluding hydrogens is 333 g/mol. The minimum Gasteiger partial charge on any atom is -0.365 e. The molecule has 1 fully saturated rings. The molecule has 112 valence electrons. The zero-order chi connectivity index (χ0) is 14.9. The van der Waals surface area contributed by atoms with Crippen LogP contribution >= 0.6 is 15.9 Å². The molecule has 1 aliphatic rings. The molecule has 0 bridgehead atoms. The lowest BCUT2D eigenvalue weighted by Gasteiger charge is -2.41. The number of hydrogen-bond donors (Lipinski definition) is 1. The van der Waals surface area contributed by atoms with Crippen LogP contribution in [0.2, 0.25) is 0 Å². The minimum atomic E-state index is -4.34. The Morgan fingerprint density at radius 1 is 1.35 bits per heavy atom. The largest absolute Gasteiger partial charge is 0.418 e. The number of hydrogen-bond acceptors (Lipinski definition) is 2. The third kappa shape index (κ3) is 3.28. The van der Waals surface area contributed by atoms with E-state index in [4.69, 9.17) is 0 Å². The van der Waals surface area contributed by atoms with Gasteiger partial charge in [0.15, 0.2) is 0 Å². The first-order chi connectivity index (χ1) is 9.30. The van der Waals surface area contributed by atoms with Crippen LogP contribution < -0.4 is 10.2 Å². The SMILES string of the molecule is CC(C)C1CNCCN1c1ccc(Br)cc1C(F)(F)F. The monoisotopic (exact) mass is 350 g/mol. The molecule has 0 saturated carbocycles. The van der Waals surface area contributed by atoms with Crippen molar-refractivity contribution in [2.45, 2.75) is 26.1 Å². The van der Waals surface area contributed by atoms with Crippen molar-refractivity contribution in [2.24, 2.45) is 5.92 Å². The van der Waals surface area contributed by atoms with Gasteiger partial charge in [0.25, 0.3) is 0 Å². The number of nitrogens with one attached hydrogen (secondary N) is 1. The van der Waals surface area contributed by atoms with Gasteiger partial charge < -0.3 is 10.2 Å². The molecule has 1 N–H and O–H groups in total. The lowest BCUT2D eigenvalue weighted by molar-refractivity contribution is -0.137. The topological polar surface area (TPSA) is 15.3 Å². The van der Waals surface area contributed by atoms with E-state index in [1.54, 1.807) is 12.1 Å². The fourth-order valence-corrected chi connectivity index (χ4v) is 2.97. The van der Waals surface area contributed by atoms with Gasteiger partial charge in [0.2, 0.25) is 0 Å². The van der Waals surface area contributed by atoms with Gasteiger partial charge in [-0.05, 0) is 24.1 Å². The van der Waals surface area contributed by atoms with Gasteiger partial charge in [0.1, 0.15) is 0 Å². The van der Waals surface area contributed by atoms with Crippen LogP contribution in [0.25, 0.3) is 0 Å². The third-order valence-corrected chi connectivity index (χ3v) is 4.12. The molecule has 1 heterocycles. The van der Waals surface area contributed by atoms with Gasteiger partial charge in [0.05, 0.1) is 5.56 Å². The Bertz CT molecular complexity index is 474.